The number of imide groups is 1. The molecule has 3 N–H and O–H groups in total. The largest absolute Gasteiger partial charge is 0.376 e. The Kier molecular flexibility index (Phi) is 4.69. The van der Waals surface area contributed by atoms with Crippen LogP contribution in [0, 0.1) is 6.92 Å². The number of rotatable bonds is 5. The molecule has 7 nitrogen and oxygen atoms in total. The van der Waals surface area contributed by atoms with Gasteiger partial charge in [-0.3, -0.25) is 14.9 Å². The predicted octanol–water partition coefficient (Wildman–Crippen LogP) is 1.52. The van der Waals surface area contributed by atoms with Crippen LogP contribution in [0.3, 0.4) is 0 Å². The molecule has 1 aromatic carbocycles. The minimum absolute atomic E-state index is 0.00364. The molecule has 1 heterocycles. The number of nitrogens with one attached hydrogen (secondary N) is 3. The highest BCUT2D eigenvalue weighted by atomic mass is 16.2. The lowest BCUT2D eigenvalue weighted by molar-refractivity contribution is -0.118. The molecule has 4 amide bonds. The van der Waals surface area contributed by atoms with Gasteiger partial charge in [-0.15, -0.1) is 0 Å². The Labute approximate surface area is 140 Å². The van der Waals surface area contributed by atoms with Crippen molar-refractivity contribution in [2.45, 2.75) is 38.6 Å². The second-order valence-electron chi connectivity index (χ2n) is 6.25. The summed E-state index contributed by atoms with van der Waals surface area (Å²) in [6.45, 7) is 2.64. The number of nitrogens with zero attached hydrogens (tertiary/aromatic N) is 1. The molecule has 1 saturated carbocycles. The quantitative estimate of drug-likeness (QED) is 0.763. The highest BCUT2D eigenvalue weighted by Crippen LogP contribution is 2.29. The van der Waals surface area contributed by atoms with Crippen LogP contribution in [0.25, 0.3) is 0 Å². The van der Waals surface area contributed by atoms with Crippen molar-refractivity contribution in [3.05, 3.63) is 23.8 Å². The van der Waals surface area contributed by atoms with Crippen LogP contribution in [-0.2, 0) is 9.59 Å². The van der Waals surface area contributed by atoms with Crippen molar-refractivity contribution in [3.8, 4) is 0 Å². The van der Waals surface area contributed by atoms with Gasteiger partial charge in [-0.2, -0.15) is 0 Å². The Morgan fingerprint density at radius 3 is 2.75 bits per heavy atom. The first-order valence-electron chi connectivity index (χ1n) is 8.29. The standard InChI is InChI=1S/C17H22N4O3/c1-11-13(4-2-5-14(11)21-9-3-6-16(21)23)18-10-15(22)20-17(24)19-12-7-8-12/h2,4-5,12,18H,3,6-10H2,1H3,(H2,19,20,22,24). The molecule has 0 bridgehead atoms. The molecule has 1 aliphatic heterocycles. The van der Waals surface area contributed by atoms with Crippen molar-refractivity contribution in [1.82, 2.24) is 10.6 Å². The van der Waals surface area contributed by atoms with Crippen molar-refractivity contribution >= 4 is 29.2 Å². The summed E-state index contributed by atoms with van der Waals surface area (Å²) in [5.74, 6) is -0.264. The van der Waals surface area contributed by atoms with Crippen LogP contribution in [-0.4, -0.2) is 37.0 Å². The number of benzene rings is 1. The Morgan fingerprint density at radius 1 is 1.29 bits per heavy atom. The molecule has 0 radical (unpaired) electrons. The molecule has 0 atom stereocenters. The van der Waals surface area contributed by atoms with Gasteiger partial charge >= 0.3 is 6.03 Å². The Morgan fingerprint density at radius 2 is 2.08 bits per heavy atom. The van der Waals surface area contributed by atoms with E-state index in [-0.39, 0.29) is 18.5 Å². The molecule has 0 spiro atoms. The second kappa shape index (κ2) is 6.90. The van der Waals surface area contributed by atoms with E-state index >= 15 is 0 Å². The number of carbonyl (C=O) groups excluding carboxylic acids is 3. The van der Waals surface area contributed by atoms with E-state index in [4.69, 9.17) is 0 Å². The molecular formula is C17H22N4O3. The van der Waals surface area contributed by atoms with Gasteiger partial charge in [0.25, 0.3) is 0 Å². The third-order valence-corrected chi connectivity index (χ3v) is 4.27. The molecule has 3 rings (SSSR count). The van der Waals surface area contributed by atoms with E-state index in [0.717, 1.165) is 42.7 Å². The van der Waals surface area contributed by atoms with Gasteiger partial charge in [0.15, 0.2) is 0 Å². The van der Waals surface area contributed by atoms with Gasteiger partial charge in [0.1, 0.15) is 0 Å². The zero-order valence-corrected chi connectivity index (χ0v) is 13.7. The van der Waals surface area contributed by atoms with E-state index in [2.05, 4.69) is 16.0 Å². The first-order valence-corrected chi connectivity index (χ1v) is 8.29. The molecule has 0 unspecified atom stereocenters. The smallest absolute Gasteiger partial charge is 0.321 e. The van der Waals surface area contributed by atoms with Crippen LogP contribution in [0.5, 0.6) is 0 Å². The van der Waals surface area contributed by atoms with E-state index in [9.17, 15) is 14.4 Å². The van der Waals surface area contributed by atoms with Crippen molar-refractivity contribution in [1.29, 1.82) is 0 Å². The first-order chi connectivity index (χ1) is 11.5. The number of urea groups is 1. The van der Waals surface area contributed by atoms with E-state index in [1.807, 2.05) is 25.1 Å². The van der Waals surface area contributed by atoms with Gasteiger partial charge in [-0.05, 0) is 43.9 Å². The number of carbonyl (C=O) groups is 3. The summed E-state index contributed by atoms with van der Waals surface area (Å²) in [6.07, 6.45) is 3.40. The summed E-state index contributed by atoms with van der Waals surface area (Å²) in [6, 6.07) is 5.39. The molecule has 1 saturated heterocycles. The average molecular weight is 330 g/mol. The maximum Gasteiger partial charge on any atom is 0.321 e. The predicted molar refractivity (Wildman–Crippen MR) is 91.0 cm³/mol. The molecule has 2 fully saturated rings. The van der Waals surface area contributed by atoms with Gasteiger partial charge in [-0.25, -0.2) is 4.79 Å². The topological polar surface area (TPSA) is 90.5 Å². The maximum atomic E-state index is 11.9. The minimum atomic E-state index is -0.447. The monoisotopic (exact) mass is 330 g/mol. The zero-order valence-electron chi connectivity index (χ0n) is 13.7. The van der Waals surface area contributed by atoms with E-state index in [1.54, 1.807) is 4.90 Å². The lowest BCUT2D eigenvalue weighted by atomic mass is 10.1. The summed E-state index contributed by atoms with van der Waals surface area (Å²) in [5.41, 5.74) is 2.57. The Hall–Kier alpha value is -2.57. The molecule has 24 heavy (non-hydrogen) atoms. The Bertz CT molecular complexity index is 670. The van der Waals surface area contributed by atoms with Crippen LogP contribution in [0.1, 0.15) is 31.2 Å². The van der Waals surface area contributed by atoms with Crippen molar-refractivity contribution in [2.24, 2.45) is 0 Å². The summed E-state index contributed by atoms with van der Waals surface area (Å²) in [4.78, 5) is 37.1. The van der Waals surface area contributed by atoms with Gasteiger partial charge in [0.05, 0.1) is 6.54 Å². The average Bonchev–Trinajstić information content (AvgIpc) is 3.25. The molecule has 1 aliphatic carbocycles. The molecule has 0 aromatic heterocycles. The van der Waals surface area contributed by atoms with E-state index in [1.165, 1.54) is 0 Å². The lowest BCUT2D eigenvalue weighted by Crippen LogP contribution is -2.42. The van der Waals surface area contributed by atoms with Crippen LogP contribution in [0.15, 0.2) is 18.2 Å². The highest BCUT2D eigenvalue weighted by Gasteiger charge is 2.25. The van der Waals surface area contributed by atoms with E-state index in [0.29, 0.717) is 6.42 Å². The zero-order chi connectivity index (χ0) is 17.1. The van der Waals surface area contributed by atoms with Crippen molar-refractivity contribution in [3.63, 3.8) is 0 Å². The fourth-order valence-electron chi connectivity index (χ4n) is 2.81. The Balaban J connectivity index is 1.57. The van der Waals surface area contributed by atoms with Gasteiger partial charge in [0.2, 0.25) is 11.8 Å². The van der Waals surface area contributed by atoms with Crippen LogP contribution in [0.2, 0.25) is 0 Å². The number of hydrogen-bond donors (Lipinski definition) is 3. The van der Waals surface area contributed by atoms with Gasteiger partial charge < -0.3 is 15.5 Å². The minimum Gasteiger partial charge on any atom is -0.376 e. The fraction of sp³-hybridized carbons (Fsp3) is 0.471. The fourth-order valence-corrected chi connectivity index (χ4v) is 2.81. The number of hydrogen-bond acceptors (Lipinski definition) is 4. The summed E-state index contributed by atoms with van der Waals surface area (Å²) in [5, 5.41) is 8.04. The van der Waals surface area contributed by atoms with Crippen LogP contribution >= 0.6 is 0 Å². The third-order valence-electron chi connectivity index (χ3n) is 4.27. The van der Waals surface area contributed by atoms with Gasteiger partial charge in [-0.1, -0.05) is 6.07 Å². The summed E-state index contributed by atoms with van der Waals surface area (Å²) in [7, 11) is 0. The van der Waals surface area contributed by atoms with Crippen LogP contribution < -0.4 is 20.9 Å². The molecule has 7 heteroatoms. The summed E-state index contributed by atoms with van der Waals surface area (Å²) < 4.78 is 0. The first kappa shape index (κ1) is 16.3. The molecule has 1 aromatic rings. The van der Waals surface area contributed by atoms with Gasteiger partial charge in [0, 0.05) is 30.4 Å². The van der Waals surface area contributed by atoms with Crippen molar-refractivity contribution in [2.75, 3.05) is 23.3 Å². The number of amides is 4. The summed E-state index contributed by atoms with van der Waals surface area (Å²) >= 11 is 0. The molecular weight excluding hydrogens is 308 g/mol. The maximum absolute atomic E-state index is 11.9. The normalized spacial score (nSPS) is 16.9. The SMILES string of the molecule is Cc1c(NCC(=O)NC(=O)NC2CC2)cccc1N1CCCC1=O. The molecule has 2 aliphatic rings. The van der Waals surface area contributed by atoms with Crippen LogP contribution in [0.4, 0.5) is 16.2 Å². The number of anilines is 2. The molecule has 128 valence electrons. The highest BCUT2D eigenvalue weighted by molar-refractivity contribution is 5.98. The second-order valence-corrected chi connectivity index (χ2v) is 6.25. The van der Waals surface area contributed by atoms with E-state index < -0.39 is 11.9 Å². The lowest BCUT2D eigenvalue weighted by Gasteiger charge is -2.20. The van der Waals surface area contributed by atoms with Crippen molar-refractivity contribution < 1.29 is 14.4 Å². The third kappa shape index (κ3) is 3.84.